The van der Waals surface area contributed by atoms with E-state index in [9.17, 15) is 0 Å². The number of rotatable bonds is 2. The van der Waals surface area contributed by atoms with Crippen LogP contribution in [-0.2, 0) is 0 Å². The van der Waals surface area contributed by atoms with E-state index in [4.69, 9.17) is 0 Å². The lowest BCUT2D eigenvalue weighted by atomic mass is 10.5. The van der Waals surface area contributed by atoms with Gasteiger partial charge in [0, 0.05) is 6.20 Å². The molecule has 1 heteroatoms. The molecule has 0 amide bonds. The highest BCUT2D eigenvalue weighted by molar-refractivity contribution is 5.24. The highest BCUT2D eigenvalue weighted by Gasteiger charge is 1.42. The third kappa shape index (κ3) is 241. The summed E-state index contributed by atoms with van der Waals surface area (Å²) >= 11 is 0. The van der Waals surface area contributed by atoms with E-state index in [0.29, 0.717) is 0 Å². The molecule has 0 bridgehead atoms. The Hall–Kier alpha value is -1.11. The predicted molar refractivity (Wildman–Crippen MR) is 67.5 cm³/mol. The van der Waals surface area contributed by atoms with E-state index in [0.717, 1.165) is 0 Å². The molecule has 0 saturated carbocycles. The average molecular weight is 183 g/mol. The maximum atomic E-state index is 3.46. The van der Waals surface area contributed by atoms with Gasteiger partial charge in [-0.05, 0) is 13.6 Å². The first-order valence-corrected chi connectivity index (χ1v) is 4.63. The molecule has 1 nitrogen and oxygen atoms in total. The molecule has 0 fully saturated rings. The monoisotopic (exact) mass is 183 g/mol. The van der Waals surface area contributed by atoms with Crippen molar-refractivity contribution in [1.82, 2.24) is 0 Å². The molecule has 0 aromatic carbocycles. The summed E-state index contributed by atoms with van der Waals surface area (Å²) in [6.45, 7) is 19.8. The van der Waals surface area contributed by atoms with Gasteiger partial charge in [0.15, 0.2) is 0 Å². The minimum atomic E-state index is 1.39. The van der Waals surface area contributed by atoms with Gasteiger partial charge in [0.25, 0.3) is 0 Å². The minimum absolute atomic E-state index is 1.39. The summed E-state index contributed by atoms with van der Waals surface area (Å²) in [6.07, 6.45) is 6.97. The van der Waals surface area contributed by atoms with Gasteiger partial charge < -0.3 is 0 Å². The fourth-order valence-corrected chi connectivity index (χ4v) is 0.136. The van der Waals surface area contributed by atoms with Crippen molar-refractivity contribution >= 4 is 6.72 Å². The van der Waals surface area contributed by atoms with Crippen LogP contribution in [0.1, 0.15) is 34.6 Å². The maximum Gasteiger partial charge on any atom is 0.0188 e. The topological polar surface area (TPSA) is 12.4 Å². The van der Waals surface area contributed by atoms with E-state index in [1.165, 1.54) is 6.20 Å². The summed E-state index contributed by atoms with van der Waals surface area (Å²) < 4.78 is 0. The van der Waals surface area contributed by atoms with Gasteiger partial charge in [0.2, 0.25) is 0 Å². The van der Waals surface area contributed by atoms with E-state index < -0.39 is 0 Å². The molecule has 0 aliphatic carbocycles. The first-order chi connectivity index (χ1) is 6.33. The van der Waals surface area contributed by atoms with Crippen molar-refractivity contribution in [2.75, 3.05) is 0 Å². The first-order valence-electron chi connectivity index (χ1n) is 4.63. The Balaban J connectivity index is -0.0000000457. The van der Waals surface area contributed by atoms with Gasteiger partial charge in [-0.2, -0.15) is 0 Å². The zero-order valence-electron chi connectivity index (χ0n) is 9.88. The van der Waals surface area contributed by atoms with Crippen LogP contribution < -0.4 is 0 Å². The van der Waals surface area contributed by atoms with Crippen LogP contribution in [-0.4, -0.2) is 6.72 Å². The molecule has 0 N–H and O–H groups in total. The Bertz CT molecular complexity index is 95.7. The molecular formula is C12H25N. The van der Waals surface area contributed by atoms with E-state index in [1.807, 2.05) is 46.8 Å². The molecule has 0 aromatic heterocycles. The third-order valence-corrected chi connectivity index (χ3v) is 0.458. The number of aliphatic imine (C=N–C) groups is 1. The molecule has 13 heavy (non-hydrogen) atoms. The van der Waals surface area contributed by atoms with E-state index >= 15 is 0 Å². The average Bonchev–Trinajstić information content (AvgIpc) is 2.25. The third-order valence-electron chi connectivity index (χ3n) is 0.458. The van der Waals surface area contributed by atoms with Crippen LogP contribution in [0.3, 0.4) is 0 Å². The number of hydrogen-bond acceptors (Lipinski definition) is 1. The molecule has 0 aliphatic heterocycles. The first kappa shape index (κ1) is 22.7. The van der Waals surface area contributed by atoms with Crippen molar-refractivity contribution in [1.29, 1.82) is 0 Å². The Labute approximate surface area is 84.6 Å². The van der Waals surface area contributed by atoms with Crippen LogP contribution in [0.25, 0.3) is 0 Å². The van der Waals surface area contributed by atoms with Crippen molar-refractivity contribution in [3.05, 3.63) is 37.6 Å². The number of hydrogen-bond donors (Lipinski definition) is 0. The standard InChI is InChI=1S/C5H8.C3H5N.2C2H6/c1-3-5-4-2;1-3-4-2;2*1-2/h3-5H,1H2,2H3;3H,1-2H2;2*1-2H3/b5-4-;;;. The van der Waals surface area contributed by atoms with E-state index in [2.05, 4.69) is 24.9 Å². The Morgan fingerprint density at radius 3 is 1.31 bits per heavy atom. The van der Waals surface area contributed by atoms with Gasteiger partial charge in [0.05, 0.1) is 0 Å². The molecule has 0 spiro atoms. The molecule has 0 radical (unpaired) electrons. The molecule has 78 valence electrons. The summed E-state index contributed by atoms with van der Waals surface area (Å²) in [6, 6.07) is 0. The summed E-state index contributed by atoms with van der Waals surface area (Å²) in [4.78, 5) is 3.25. The summed E-state index contributed by atoms with van der Waals surface area (Å²) in [5.41, 5.74) is 0. The highest BCUT2D eigenvalue weighted by atomic mass is 14.6. The summed E-state index contributed by atoms with van der Waals surface area (Å²) in [5, 5.41) is 0. The van der Waals surface area contributed by atoms with Crippen LogP contribution in [0.2, 0.25) is 0 Å². The molecule has 0 aliphatic rings. The van der Waals surface area contributed by atoms with Gasteiger partial charge in [0.1, 0.15) is 0 Å². The van der Waals surface area contributed by atoms with Gasteiger partial charge >= 0.3 is 0 Å². The quantitative estimate of drug-likeness (QED) is 0.437. The summed E-state index contributed by atoms with van der Waals surface area (Å²) in [7, 11) is 0. The second-order valence-corrected chi connectivity index (χ2v) is 1.13. The molecule has 0 aromatic rings. The second kappa shape index (κ2) is 70.4. The van der Waals surface area contributed by atoms with Crippen molar-refractivity contribution < 1.29 is 0 Å². The fourth-order valence-electron chi connectivity index (χ4n) is 0.136. The Kier molecular flexibility index (Phi) is 123. The van der Waals surface area contributed by atoms with E-state index in [1.54, 1.807) is 6.08 Å². The van der Waals surface area contributed by atoms with Gasteiger partial charge in [-0.25, -0.2) is 0 Å². The smallest absolute Gasteiger partial charge is 0.0188 e. The zero-order valence-corrected chi connectivity index (χ0v) is 9.88. The van der Waals surface area contributed by atoms with Crippen LogP contribution in [0.4, 0.5) is 0 Å². The molecule has 0 atom stereocenters. The summed E-state index contributed by atoms with van der Waals surface area (Å²) in [5.74, 6) is 0. The van der Waals surface area contributed by atoms with Crippen LogP contribution >= 0.6 is 0 Å². The normalized spacial score (nSPS) is 5.92. The van der Waals surface area contributed by atoms with Crippen LogP contribution in [0, 0.1) is 0 Å². The minimum Gasteiger partial charge on any atom is -0.273 e. The Morgan fingerprint density at radius 1 is 1.00 bits per heavy atom. The highest BCUT2D eigenvalue weighted by Crippen LogP contribution is 1.64. The predicted octanol–water partition coefficient (Wildman–Crippen LogP) is 4.63. The van der Waals surface area contributed by atoms with Gasteiger partial charge in [-0.3, -0.25) is 4.99 Å². The molecule has 0 heterocycles. The van der Waals surface area contributed by atoms with Crippen molar-refractivity contribution in [2.45, 2.75) is 34.6 Å². The van der Waals surface area contributed by atoms with Crippen LogP contribution in [0.5, 0.6) is 0 Å². The maximum absolute atomic E-state index is 3.46. The second-order valence-electron chi connectivity index (χ2n) is 1.13. The zero-order chi connectivity index (χ0) is 11.5. The number of allylic oxidation sites excluding steroid dienone is 3. The van der Waals surface area contributed by atoms with Gasteiger partial charge in [-0.15, -0.1) is 0 Å². The van der Waals surface area contributed by atoms with Crippen molar-refractivity contribution in [2.24, 2.45) is 4.99 Å². The van der Waals surface area contributed by atoms with Crippen LogP contribution in [0.15, 0.2) is 42.6 Å². The lowest BCUT2D eigenvalue weighted by molar-refractivity contribution is 1.50. The van der Waals surface area contributed by atoms with E-state index in [-0.39, 0.29) is 0 Å². The van der Waals surface area contributed by atoms with Crippen molar-refractivity contribution in [3.63, 3.8) is 0 Å². The lowest BCUT2D eigenvalue weighted by Crippen LogP contribution is -1.33. The Morgan fingerprint density at radius 2 is 1.31 bits per heavy atom. The largest absolute Gasteiger partial charge is 0.273 e. The SMILES string of the molecule is C=C/C=C\C.C=CN=C.CC.CC. The fraction of sp³-hybridized carbons (Fsp3) is 0.417. The van der Waals surface area contributed by atoms with Gasteiger partial charge in [-0.1, -0.05) is 59.1 Å². The molecular weight excluding hydrogens is 158 g/mol. The van der Waals surface area contributed by atoms with Crippen molar-refractivity contribution in [3.8, 4) is 0 Å². The molecule has 0 unspecified atom stereocenters. The number of nitrogens with zero attached hydrogens (tertiary/aromatic N) is 1. The molecule has 0 saturated heterocycles. The lowest BCUT2D eigenvalue weighted by Gasteiger charge is -1.56. The molecule has 0 rings (SSSR count).